The predicted octanol–water partition coefficient (Wildman–Crippen LogP) is 3.28. The number of hydrogen-bond acceptors (Lipinski definition) is 3. The molecule has 0 N–H and O–H groups in total. The van der Waals surface area contributed by atoms with Gasteiger partial charge in [-0.2, -0.15) is 0 Å². The Bertz CT molecular complexity index is 546. The highest BCUT2D eigenvalue weighted by Crippen LogP contribution is 2.23. The molecule has 0 amide bonds. The third kappa shape index (κ3) is 4.59. The number of piperazine rings is 1. The SMILES string of the molecule is Cc1cc(CN2CCN(C)CC2)c(C)c(CN2CCC[C@@H](C)C2)c1. The summed E-state index contributed by atoms with van der Waals surface area (Å²) in [6, 6.07) is 4.83. The number of nitrogens with zero attached hydrogens (tertiary/aromatic N) is 3. The molecule has 0 bridgehead atoms. The summed E-state index contributed by atoms with van der Waals surface area (Å²) in [5.74, 6) is 0.855. The molecule has 0 aromatic heterocycles. The molecule has 0 unspecified atom stereocenters. The fourth-order valence-electron chi connectivity index (χ4n) is 4.26. The predicted molar refractivity (Wildman–Crippen MR) is 102 cm³/mol. The normalized spacial score (nSPS) is 24.4. The summed E-state index contributed by atoms with van der Waals surface area (Å²) < 4.78 is 0. The van der Waals surface area contributed by atoms with E-state index in [-0.39, 0.29) is 0 Å². The van der Waals surface area contributed by atoms with E-state index in [2.05, 4.69) is 54.7 Å². The van der Waals surface area contributed by atoms with Crippen molar-refractivity contribution in [2.24, 2.45) is 5.92 Å². The molecule has 1 aromatic rings. The van der Waals surface area contributed by atoms with Gasteiger partial charge in [-0.15, -0.1) is 0 Å². The maximum Gasteiger partial charge on any atom is 0.0237 e. The van der Waals surface area contributed by atoms with Crippen LogP contribution in [0.25, 0.3) is 0 Å². The Labute approximate surface area is 148 Å². The Balaban J connectivity index is 1.70. The molecule has 0 radical (unpaired) electrons. The molecule has 0 spiro atoms. The lowest BCUT2D eigenvalue weighted by atomic mass is 9.96. The quantitative estimate of drug-likeness (QED) is 0.839. The molecule has 2 aliphatic rings. The first-order valence-electron chi connectivity index (χ1n) is 9.73. The minimum Gasteiger partial charge on any atom is -0.304 e. The Morgan fingerprint density at radius 2 is 1.54 bits per heavy atom. The maximum absolute atomic E-state index is 2.66. The van der Waals surface area contributed by atoms with Gasteiger partial charge in [0.25, 0.3) is 0 Å². The molecule has 1 aromatic carbocycles. The second kappa shape index (κ2) is 7.99. The third-order valence-electron chi connectivity index (χ3n) is 5.89. The van der Waals surface area contributed by atoms with Crippen molar-refractivity contribution in [1.29, 1.82) is 0 Å². The van der Waals surface area contributed by atoms with E-state index in [0.29, 0.717) is 0 Å². The Hall–Kier alpha value is -0.900. The van der Waals surface area contributed by atoms with E-state index in [1.165, 1.54) is 63.2 Å². The topological polar surface area (TPSA) is 9.72 Å². The summed E-state index contributed by atoms with van der Waals surface area (Å²) in [6.45, 7) is 16.6. The molecule has 3 nitrogen and oxygen atoms in total. The van der Waals surface area contributed by atoms with E-state index in [4.69, 9.17) is 0 Å². The van der Waals surface area contributed by atoms with Crippen molar-refractivity contribution in [3.05, 3.63) is 34.4 Å². The van der Waals surface area contributed by atoms with Gasteiger partial charge >= 0.3 is 0 Å². The van der Waals surface area contributed by atoms with Crippen LogP contribution in [0.2, 0.25) is 0 Å². The zero-order chi connectivity index (χ0) is 17.1. The number of benzene rings is 1. The molecule has 2 aliphatic heterocycles. The standard InChI is InChI=1S/C21H35N3/c1-17-6-5-7-24(14-17)16-21-13-18(2)12-20(19(21)3)15-23-10-8-22(4)9-11-23/h12-13,17H,5-11,14-16H2,1-4H3/t17-/m1/s1. The first-order chi connectivity index (χ1) is 11.5. The second-order valence-electron chi connectivity index (χ2n) is 8.27. The minimum absolute atomic E-state index is 0.855. The fourth-order valence-corrected chi connectivity index (χ4v) is 4.26. The van der Waals surface area contributed by atoms with Crippen molar-refractivity contribution in [1.82, 2.24) is 14.7 Å². The van der Waals surface area contributed by atoms with E-state index < -0.39 is 0 Å². The molecule has 2 heterocycles. The van der Waals surface area contributed by atoms with Crippen LogP contribution in [0, 0.1) is 19.8 Å². The molecular weight excluding hydrogens is 294 g/mol. The van der Waals surface area contributed by atoms with Crippen LogP contribution in [0.1, 0.15) is 42.0 Å². The molecule has 0 saturated carbocycles. The van der Waals surface area contributed by atoms with Crippen LogP contribution in [0.5, 0.6) is 0 Å². The zero-order valence-electron chi connectivity index (χ0n) is 16.1. The van der Waals surface area contributed by atoms with E-state index in [1.54, 1.807) is 11.1 Å². The van der Waals surface area contributed by atoms with Crippen LogP contribution in [0.15, 0.2) is 12.1 Å². The van der Waals surface area contributed by atoms with E-state index in [0.717, 1.165) is 19.0 Å². The summed E-state index contributed by atoms with van der Waals surface area (Å²) in [5, 5.41) is 0. The van der Waals surface area contributed by atoms with Gasteiger partial charge in [-0.3, -0.25) is 9.80 Å². The highest BCUT2D eigenvalue weighted by Gasteiger charge is 2.19. The van der Waals surface area contributed by atoms with E-state index >= 15 is 0 Å². The second-order valence-corrected chi connectivity index (χ2v) is 8.27. The van der Waals surface area contributed by atoms with Gasteiger partial charge in [-0.05, 0) is 62.9 Å². The lowest BCUT2D eigenvalue weighted by molar-refractivity contribution is 0.147. The van der Waals surface area contributed by atoms with Gasteiger partial charge in [-0.25, -0.2) is 0 Å². The molecule has 3 rings (SSSR count). The van der Waals surface area contributed by atoms with Crippen molar-refractivity contribution >= 4 is 0 Å². The monoisotopic (exact) mass is 329 g/mol. The van der Waals surface area contributed by atoms with Gasteiger partial charge in [0.1, 0.15) is 0 Å². The molecule has 1 atom stereocenters. The smallest absolute Gasteiger partial charge is 0.0237 e. The van der Waals surface area contributed by atoms with E-state index in [9.17, 15) is 0 Å². The summed E-state index contributed by atoms with van der Waals surface area (Å²) in [4.78, 5) is 7.71. The lowest BCUT2D eigenvalue weighted by Gasteiger charge is -2.34. The average molecular weight is 330 g/mol. The Kier molecular flexibility index (Phi) is 5.96. The van der Waals surface area contributed by atoms with Gasteiger partial charge in [-0.1, -0.05) is 24.6 Å². The van der Waals surface area contributed by atoms with Crippen molar-refractivity contribution in [3.8, 4) is 0 Å². The number of likely N-dealkylation sites (tertiary alicyclic amines) is 1. The third-order valence-corrected chi connectivity index (χ3v) is 5.89. The van der Waals surface area contributed by atoms with Crippen LogP contribution in [0.4, 0.5) is 0 Å². The number of rotatable bonds is 4. The molecule has 134 valence electrons. The minimum atomic E-state index is 0.855. The van der Waals surface area contributed by atoms with Crippen molar-refractivity contribution < 1.29 is 0 Å². The lowest BCUT2D eigenvalue weighted by Crippen LogP contribution is -2.44. The van der Waals surface area contributed by atoms with E-state index in [1.807, 2.05) is 0 Å². The van der Waals surface area contributed by atoms with Crippen LogP contribution in [-0.4, -0.2) is 61.0 Å². The average Bonchev–Trinajstić information content (AvgIpc) is 2.54. The Morgan fingerprint density at radius 3 is 2.17 bits per heavy atom. The number of piperidine rings is 1. The largest absolute Gasteiger partial charge is 0.304 e. The van der Waals surface area contributed by atoms with Crippen LogP contribution >= 0.6 is 0 Å². The molecule has 24 heavy (non-hydrogen) atoms. The summed E-state index contributed by atoms with van der Waals surface area (Å²) in [7, 11) is 2.23. The molecule has 3 heteroatoms. The molecule has 2 saturated heterocycles. The number of hydrogen-bond donors (Lipinski definition) is 0. The maximum atomic E-state index is 2.66. The highest BCUT2D eigenvalue weighted by atomic mass is 15.2. The van der Waals surface area contributed by atoms with Crippen molar-refractivity contribution in [2.45, 2.75) is 46.7 Å². The van der Waals surface area contributed by atoms with Gasteiger partial charge in [0.05, 0.1) is 0 Å². The molecule has 2 fully saturated rings. The van der Waals surface area contributed by atoms with Crippen LogP contribution < -0.4 is 0 Å². The summed E-state index contributed by atoms with van der Waals surface area (Å²) in [5.41, 5.74) is 6.04. The van der Waals surface area contributed by atoms with Crippen molar-refractivity contribution in [3.63, 3.8) is 0 Å². The van der Waals surface area contributed by atoms with Crippen LogP contribution in [-0.2, 0) is 13.1 Å². The first kappa shape index (κ1) is 17.9. The van der Waals surface area contributed by atoms with Gasteiger partial charge in [0.2, 0.25) is 0 Å². The van der Waals surface area contributed by atoms with Crippen LogP contribution in [0.3, 0.4) is 0 Å². The number of likely N-dealkylation sites (N-methyl/N-ethyl adjacent to an activating group) is 1. The summed E-state index contributed by atoms with van der Waals surface area (Å²) >= 11 is 0. The van der Waals surface area contributed by atoms with Gasteiger partial charge in [0.15, 0.2) is 0 Å². The first-order valence-corrected chi connectivity index (χ1v) is 9.73. The summed E-state index contributed by atoms with van der Waals surface area (Å²) in [6.07, 6.45) is 2.76. The van der Waals surface area contributed by atoms with Gasteiger partial charge < -0.3 is 4.90 Å². The number of aryl methyl sites for hydroxylation is 1. The molecule has 0 aliphatic carbocycles. The van der Waals surface area contributed by atoms with Crippen molar-refractivity contribution in [2.75, 3.05) is 46.3 Å². The van der Waals surface area contributed by atoms with Gasteiger partial charge in [0, 0.05) is 45.8 Å². The highest BCUT2D eigenvalue weighted by molar-refractivity contribution is 5.38. The molecular formula is C21H35N3. The fraction of sp³-hybridized carbons (Fsp3) is 0.714. The zero-order valence-corrected chi connectivity index (χ0v) is 16.1. The Morgan fingerprint density at radius 1 is 0.917 bits per heavy atom.